The Kier molecular flexibility index (Phi) is 10.2. The van der Waals surface area contributed by atoms with Crippen molar-refractivity contribution in [3.8, 4) is 0 Å². The maximum atomic E-state index is 12.2. The largest absolute Gasteiger partial charge is 0.370 e. The zero-order valence-corrected chi connectivity index (χ0v) is 14.6. The highest BCUT2D eigenvalue weighted by atomic mass is 16.2. The first-order chi connectivity index (χ1) is 12.0. The Bertz CT molecular complexity index is 665. The summed E-state index contributed by atoms with van der Waals surface area (Å²) < 4.78 is 0. The third-order valence-corrected chi connectivity index (χ3v) is 3.05. The van der Waals surface area contributed by atoms with Crippen molar-refractivity contribution in [3.63, 3.8) is 0 Å². The zero-order valence-electron chi connectivity index (χ0n) is 14.6. The van der Waals surface area contributed by atoms with Crippen LogP contribution in [0.4, 0.5) is 0 Å². The van der Waals surface area contributed by atoms with E-state index >= 15 is 0 Å². The number of primary amides is 1. The van der Waals surface area contributed by atoms with E-state index in [2.05, 4.69) is 27.1 Å². The Balaban J connectivity index is 0.00000134. The van der Waals surface area contributed by atoms with E-state index in [-0.39, 0.29) is 6.42 Å². The summed E-state index contributed by atoms with van der Waals surface area (Å²) in [6, 6.07) is 8.09. The number of para-hydroxylation sites is 1. The van der Waals surface area contributed by atoms with Crippen LogP contribution in [0.5, 0.6) is 0 Å². The predicted molar refractivity (Wildman–Crippen MR) is 97.7 cm³/mol. The summed E-state index contributed by atoms with van der Waals surface area (Å²) in [4.78, 5) is 37.7. The minimum atomic E-state index is -0.994. The molecular formula is C16H26N6O3. The van der Waals surface area contributed by atoms with Gasteiger partial charge < -0.3 is 32.8 Å². The molecule has 0 unspecified atom stereocenters. The molecule has 9 N–H and O–H groups in total. The molecule has 0 aliphatic rings. The molecule has 0 fully saturated rings. The van der Waals surface area contributed by atoms with E-state index < -0.39 is 23.8 Å². The normalized spacial score (nSPS) is 10.4. The maximum absolute atomic E-state index is 12.2. The van der Waals surface area contributed by atoms with Crippen molar-refractivity contribution in [2.24, 2.45) is 17.2 Å². The molecule has 3 amide bonds. The van der Waals surface area contributed by atoms with E-state index in [9.17, 15) is 14.4 Å². The highest BCUT2D eigenvalue weighted by Crippen LogP contribution is 2.14. The van der Waals surface area contributed by atoms with Crippen molar-refractivity contribution >= 4 is 28.6 Å². The van der Waals surface area contributed by atoms with Gasteiger partial charge in [0.2, 0.25) is 11.8 Å². The number of carbonyl (C=O) groups excluding carboxylic acids is 3. The van der Waals surface area contributed by atoms with Gasteiger partial charge in [0.1, 0.15) is 11.7 Å². The number of hydrogen-bond donors (Lipinski definition) is 6. The van der Waals surface area contributed by atoms with Crippen molar-refractivity contribution in [2.45, 2.75) is 12.5 Å². The van der Waals surface area contributed by atoms with E-state index in [0.29, 0.717) is 5.69 Å². The fourth-order valence-corrected chi connectivity index (χ4v) is 2.02. The number of hydrogen-bond acceptors (Lipinski definition) is 5. The second kappa shape index (κ2) is 11.6. The molecule has 2 aromatic rings. The smallest absolute Gasteiger partial charge is 0.268 e. The van der Waals surface area contributed by atoms with Crippen molar-refractivity contribution in [2.75, 3.05) is 21.1 Å². The van der Waals surface area contributed by atoms with E-state index in [4.69, 9.17) is 5.73 Å². The molecular weight excluding hydrogens is 324 g/mol. The van der Waals surface area contributed by atoms with Crippen LogP contribution in [0.1, 0.15) is 16.9 Å². The summed E-state index contributed by atoms with van der Waals surface area (Å²) in [7, 11) is 4.42. The second-order valence-electron chi connectivity index (χ2n) is 4.58. The number of nitrogens with two attached hydrogens (primary N) is 3. The van der Waals surface area contributed by atoms with Crippen LogP contribution in [0.15, 0.2) is 30.3 Å². The lowest BCUT2D eigenvalue weighted by Gasteiger charge is -2.15. The second-order valence-corrected chi connectivity index (χ2v) is 4.58. The topological polar surface area (TPSA) is 169 Å². The Morgan fingerprint density at radius 3 is 2.24 bits per heavy atom. The minimum Gasteiger partial charge on any atom is -0.370 e. The van der Waals surface area contributed by atoms with Gasteiger partial charge in [-0.1, -0.05) is 18.2 Å². The van der Waals surface area contributed by atoms with Crippen LogP contribution in [0, 0.1) is 0 Å². The number of amides is 3. The van der Waals surface area contributed by atoms with Crippen molar-refractivity contribution < 1.29 is 14.4 Å². The Labute approximate surface area is 146 Å². The number of benzene rings is 1. The number of aromatic nitrogens is 1. The molecule has 9 nitrogen and oxygen atoms in total. The molecule has 0 radical (unpaired) electrons. The number of likely N-dealkylation sites (N-methyl/N-ethyl adjacent to an activating group) is 1. The quantitative estimate of drug-likeness (QED) is 0.407. The van der Waals surface area contributed by atoms with Gasteiger partial charge >= 0.3 is 0 Å². The van der Waals surface area contributed by atoms with Crippen LogP contribution in [0.3, 0.4) is 0 Å². The van der Waals surface area contributed by atoms with Crippen LogP contribution in [0.25, 0.3) is 10.9 Å². The molecule has 1 heterocycles. The average molecular weight is 350 g/mol. The summed E-state index contributed by atoms with van der Waals surface area (Å²) in [6.07, 6.45) is -0.258. The van der Waals surface area contributed by atoms with E-state index in [1.165, 1.54) is 21.1 Å². The average Bonchev–Trinajstić information content (AvgIpc) is 3.07. The summed E-state index contributed by atoms with van der Waals surface area (Å²) in [5.74, 6) is -1.61. The third-order valence-electron chi connectivity index (χ3n) is 3.05. The van der Waals surface area contributed by atoms with E-state index in [1.807, 2.05) is 24.3 Å². The number of H-pyrrole nitrogens is 1. The van der Waals surface area contributed by atoms with Gasteiger partial charge in [-0.15, -0.1) is 0 Å². The fourth-order valence-electron chi connectivity index (χ4n) is 2.02. The number of rotatable bonds is 5. The van der Waals surface area contributed by atoms with Gasteiger partial charge in [-0.2, -0.15) is 0 Å². The van der Waals surface area contributed by atoms with Crippen molar-refractivity contribution in [3.05, 3.63) is 36.0 Å². The monoisotopic (exact) mass is 350 g/mol. The van der Waals surface area contributed by atoms with Crippen LogP contribution >= 0.6 is 0 Å². The number of nitrogens with one attached hydrogen (secondary N) is 3. The van der Waals surface area contributed by atoms with E-state index in [0.717, 1.165) is 10.9 Å². The predicted octanol–water partition coefficient (Wildman–Crippen LogP) is -0.962. The molecule has 9 heteroatoms. The molecule has 138 valence electrons. The lowest BCUT2D eigenvalue weighted by atomic mass is 10.1. The molecule has 0 saturated heterocycles. The van der Waals surface area contributed by atoms with Crippen molar-refractivity contribution in [1.29, 1.82) is 0 Å². The van der Waals surface area contributed by atoms with Crippen LogP contribution < -0.4 is 27.8 Å². The Hall–Kier alpha value is -2.91. The fraction of sp³-hybridized carbons (Fsp3) is 0.312. The molecule has 0 bridgehead atoms. The summed E-state index contributed by atoms with van der Waals surface area (Å²) in [6.45, 7) is 0. The van der Waals surface area contributed by atoms with Gasteiger partial charge in [-0.25, -0.2) is 0 Å². The van der Waals surface area contributed by atoms with Gasteiger partial charge in [0, 0.05) is 18.0 Å². The molecule has 0 aliphatic heterocycles. The van der Waals surface area contributed by atoms with Crippen LogP contribution in [0.2, 0.25) is 0 Å². The standard InChI is InChI=1S/C14H16N4O3.2CH5N/c1-16-13(20)11(7-12(15)19)18-14(21)10-6-8-4-2-3-5-9(8)17-10;2*1-2/h2-6,11,17H,7H2,1H3,(H2,15,19)(H,16,20)(H,18,21);2*2H2,1H3/t11-;;/m0../s1. The molecule has 1 atom stereocenters. The Morgan fingerprint density at radius 2 is 1.72 bits per heavy atom. The highest BCUT2D eigenvalue weighted by molar-refractivity contribution is 6.00. The molecule has 0 saturated carbocycles. The van der Waals surface area contributed by atoms with Gasteiger partial charge in [0.05, 0.1) is 6.42 Å². The molecule has 0 spiro atoms. The molecule has 0 aliphatic carbocycles. The highest BCUT2D eigenvalue weighted by Gasteiger charge is 2.23. The molecule has 2 rings (SSSR count). The molecule has 25 heavy (non-hydrogen) atoms. The van der Waals surface area contributed by atoms with Crippen LogP contribution in [-0.2, 0) is 9.59 Å². The first-order valence-electron chi connectivity index (χ1n) is 7.55. The molecule has 1 aromatic heterocycles. The summed E-state index contributed by atoms with van der Waals surface area (Å²) >= 11 is 0. The van der Waals surface area contributed by atoms with Gasteiger partial charge in [0.25, 0.3) is 5.91 Å². The van der Waals surface area contributed by atoms with Crippen molar-refractivity contribution in [1.82, 2.24) is 15.6 Å². The lowest BCUT2D eigenvalue weighted by Crippen LogP contribution is -2.47. The zero-order chi connectivity index (χ0) is 19.4. The maximum Gasteiger partial charge on any atom is 0.268 e. The Morgan fingerprint density at radius 1 is 1.12 bits per heavy atom. The number of fused-ring (bicyclic) bond motifs is 1. The van der Waals surface area contributed by atoms with E-state index in [1.54, 1.807) is 6.07 Å². The first kappa shape index (κ1) is 22.1. The third kappa shape index (κ3) is 6.61. The van der Waals surface area contributed by atoms with Gasteiger partial charge in [-0.05, 0) is 26.2 Å². The van der Waals surface area contributed by atoms with Gasteiger partial charge in [0.15, 0.2) is 0 Å². The summed E-state index contributed by atoms with van der Waals surface area (Å²) in [5.41, 5.74) is 15.2. The first-order valence-corrected chi connectivity index (χ1v) is 7.55. The number of carbonyl (C=O) groups is 3. The number of aromatic amines is 1. The van der Waals surface area contributed by atoms with Crippen LogP contribution in [-0.4, -0.2) is 49.9 Å². The SMILES string of the molecule is CN.CN.CNC(=O)[C@H](CC(N)=O)NC(=O)c1cc2ccccc2[nH]1. The molecule has 1 aromatic carbocycles. The minimum absolute atomic E-state index is 0.258. The van der Waals surface area contributed by atoms with Gasteiger partial charge in [-0.3, -0.25) is 14.4 Å². The lowest BCUT2D eigenvalue weighted by molar-refractivity contribution is -0.126. The summed E-state index contributed by atoms with van der Waals surface area (Å²) in [5, 5.41) is 5.76.